The van der Waals surface area contributed by atoms with E-state index in [1.165, 1.54) is 0 Å². The summed E-state index contributed by atoms with van der Waals surface area (Å²) in [6.07, 6.45) is 0. The maximum atomic E-state index is 6.66. The van der Waals surface area contributed by atoms with E-state index in [1.807, 2.05) is 84.9 Å². The molecule has 7 aromatic carbocycles. The van der Waals surface area contributed by atoms with Gasteiger partial charge in [0, 0.05) is 43.8 Å². The minimum atomic E-state index is 0.589. The molecule has 0 radical (unpaired) electrons. The SMILES string of the molecule is c1ccc(-c2nc(-c3ccccc3)nc(-c3ccc4c(c3)oc3cc5ccccc5c(-c5ccc6c(c5)oc5ccccc56)c34)n2)cc1. The highest BCUT2D eigenvalue weighted by molar-refractivity contribution is 6.21. The number of hydrogen-bond donors (Lipinski definition) is 0. The fraction of sp³-hybridized carbons (Fsp3) is 0. The summed E-state index contributed by atoms with van der Waals surface area (Å²) in [7, 11) is 0. The summed E-state index contributed by atoms with van der Waals surface area (Å²) >= 11 is 0. The van der Waals surface area contributed by atoms with E-state index in [-0.39, 0.29) is 0 Å². The zero-order valence-corrected chi connectivity index (χ0v) is 25.6. The van der Waals surface area contributed by atoms with Crippen LogP contribution in [0, 0.1) is 0 Å². The minimum Gasteiger partial charge on any atom is -0.456 e. The quantitative estimate of drug-likeness (QED) is 0.197. The van der Waals surface area contributed by atoms with Crippen molar-refractivity contribution in [1.29, 1.82) is 0 Å². The average molecular weight is 616 g/mol. The molecule has 3 aromatic heterocycles. The van der Waals surface area contributed by atoms with Crippen LogP contribution in [0.25, 0.3) is 99.9 Å². The number of rotatable bonds is 4. The van der Waals surface area contributed by atoms with E-state index in [4.69, 9.17) is 23.8 Å². The van der Waals surface area contributed by atoms with Gasteiger partial charge in [-0.05, 0) is 52.7 Å². The van der Waals surface area contributed by atoms with E-state index in [0.29, 0.717) is 17.5 Å². The Bertz CT molecular complexity index is 2780. The topological polar surface area (TPSA) is 65.0 Å². The first-order chi connectivity index (χ1) is 23.8. The third-order valence-electron chi connectivity index (χ3n) is 9.11. The molecule has 0 unspecified atom stereocenters. The van der Waals surface area contributed by atoms with Gasteiger partial charge in [0.05, 0.1) is 0 Å². The van der Waals surface area contributed by atoms with Gasteiger partial charge in [0.2, 0.25) is 0 Å². The van der Waals surface area contributed by atoms with Gasteiger partial charge in [0.1, 0.15) is 22.3 Å². The van der Waals surface area contributed by atoms with Crippen molar-refractivity contribution in [2.24, 2.45) is 0 Å². The Hall–Kier alpha value is -6.59. The summed E-state index contributed by atoms with van der Waals surface area (Å²) in [5.74, 6) is 1.84. The maximum absolute atomic E-state index is 6.66. The normalized spacial score (nSPS) is 11.8. The second kappa shape index (κ2) is 10.5. The monoisotopic (exact) mass is 615 g/mol. The van der Waals surface area contributed by atoms with Gasteiger partial charge >= 0.3 is 0 Å². The molecule has 0 bridgehead atoms. The van der Waals surface area contributed by atoms with Crippen LogP contribution in [0.5, 0.6) is 0 Å². The van der Waals surface area contributed by atoms with Crippen molar-refractivity contribution < 1.29 is 8.83 Å². The predicted molar refractivity (Wildman–Crippen MR) is 194 cm³/mol. The molecule has 10 aromatic rings. The predicted octanol–water partition coefficient (Wildman–Crippen LogP) is 11.5. The smallest absolute Gasteiger partial charge is 0.164 e. The Morgan fingerprint density at radius 1 is 0.333 bits per heavy atom. The van der Waals surface area contributed by atoms with Gasteiger partial charge in [0.15, 0.2) is 17.5 Å². The fourth-order valence-electron chi connectivity index (χ4n) is 6.86. The van der Waals surface area contributed by atoms with Crippen LogP contribution in [0.2, 0.25) is 0 Å². The van der Waals surface area contributed by atoms with Gasteiger partial charge in [-0.2, -0.15) is 0 Å². The number of benzene rings is 7. The fourth-order valence-corrected chi connectivity index (χ4v) is 6.86. The first-order valence-electron chi connectivity index (χ1n) is 15.9. The Morgan fingerprint density at radius 2 is 0.854 bits per heavy atom. The number of furan rings is 2. The van der Waals surface area contributed by atoms with Crippen molar-refractivity contribution in [2.45, 2.75) is 0 Å². The van der Waals surface area contributed by atoms with Crippen molar-refractivity contribution in [2.75, 3.05) is 0 Å². The van der Waals surface area contributed by atoms with Crippen LogP contribution in [-0.4, -0.2) is 15.0 Å². The summed E-state index contributed by atoms with van der Waals surface area (Å²) in [5, 5.41) is 6.59. The lowest BCUT2D eigenvalue weighted by molar-refractivity contribution is 0.668. The van der Waals surface area contributed by atoms with E-state index in [1.54, 1.807) is 0 Å². The van der Waals surface area contributed by atoms with E-state index in [0.717, 1.165) is 82.5 Å². The highest BCUT2D eigenvalue weighted by Gasteiger charge is 2.20. The third-order valence-corrected chi connectivity index (χ3v) is 9.11. The molecule has 0 atom stereocenters. The van der Waals surface area contributed by atoms with Crippen LogP contribution in [0.3, 0.4) is 0 Å². The highest BCUT2D eigenvalue weighted by atomic mass is 16.3. The zero-order valence-electron chi connectivity index (χ0n) is 25.6. The summed E-state index contributed by atoms with van der Waals surface area (Å²) in [5.41, 5.74) is 8.26. The second-order valence-corrected chi connectivity index (χ2v) is 12.0. The Kier molecular flexibility index (Phi) is 5.81. The van der Waals surface area contributed by atoms with Gasteiger partial charge in [0.25, 0.3) is 0 Å². The van der Waals surface area contributed by atoms with Crippen LogP contribution in [-0.2, 0) is 0 Å². The molecule has 0 saturated carbocycles. The summed E-state index contributed by atoms with van der Waals surface area (Å²) in [6.45, 7) is 0. The molecule has 5 nitrogen and oxygen atoms in total. The molecule has 5 heteroatoms. The molecular weight excluding hydrogens is 590 g/mol. The van der Waals surface area contributed by atoms with Crippen LogP contribution in [0.4, 0.5) is 0 Å². The summed E-state index contributed by atoms with van der Waals surface area (Å²) in [4.78, 5) is 14.7. The van der Waals surface area contributed by atoms with E-state index >= 15 is 0 Å². The van der Waals surface area contributed by atoms with Crippen molar-refractivity contribution in [1.82, 2.24) is 15.0 Å². The molecule has 0 aliphatic heterocycles. The molecule has 0 N–H and O–H groups in total. The molecule has 48 heavy (non-hydrogen) atoms. The molecule has 3 heterocycles. The molecule has 224 valence electrons. The number of fused-ring (bicyclic) bond motifs is 7. The van der Waals surface area contributed by atoms with Gasteiger partial charge in [-0.3, -0.25) is 0 Å². The molecule has 10 rings (SSSR count). The lowest BCUT2D eigenvalue weighted by Crippen LogP contribution is -2.00. The van der Waals surface area contributed by atoms with Crippen LogP contribution >= 0.6 is 0 Å². The Labute approximate surface area is 274 Å². The van der Waals surface area contributed by atoms with Gasteiger partial charge in [-0.15, -0.1) is 0 Å². The standard InChI is InChI=1S/C43H25N3O2/c1-3-11-26(12-4-1)41-44-42(27-13-5-2-6-14-27)46-43(45-41)30-20-22-34-37(25-30)48-38-23-28-15-7-8-16-31(28)39(40(34)38)29-19-21-33-32-17-9-10-18-35(32)47-36(33)24-29/h1-25H. The molecule has 0 spiro atoms. The number of aromatic nitrogens is 3. The Morgan fingerprint density at radius 3 is 1.60 bits per heavy atom. The molecule has 0 aliphatic carbocycles. The zero-order chi connectivity index (χ0) is 31.6. The molecule has 0 aliphatic rings. The van der Waals surface area contributed by atoms with E-state index in [9.17, 15) is 0 Å². The first kappa shape index (κ1) is 26.6. The van der Waals surface area contributed by atoms with Crippen molar-refractivity contribution in [3.05, 3.63) is 152 Å². The summed E-state index contributed by atoms with van der Waals surface area (Å²) < 4.78 is 13.0. The lowest BCUT2D eigenvalue weighted by Gasteiger charge is -2.10. The number of hydrogen-bond acceptors (Lipinski definition) is 5. The molecular formula is C43H25N3O2. The second-order valence-electron chi connectivity index (χ2n) is 12.0. The Balaban J connectivity index is 1.19. The van der Waals surface area contributed by atoms with E-state index < -0.39 is 0 Å². The van der Waals surface area contributed by atoms with Gasteiger partial charge in [-0.1, -0.05) is 115 Å². The minimum absolute atomic E-state index is 0.589. The highest BCUT2D eigenvalue weighted by Crippen LogP contribution is 2.44. The van der Waals surface area contributed by atoms with E-state index in [2.05, 4.69) is 66.7 Å². The summed E-state index contributed by atoms with van der Waals surface area (Å²) in [6, 6.07) is 51.6. The average Bonchev–Trinajstić information content (AvgIpc) is 3.71. The van der Waals surface area contributed by atoms with Gasteiger partial charge < -0.3 is 8.83 Å². The van der Waals surface area contributed by atoms with Crippen molar-refractivity contribution in [3.63, 3.8) is 0 Å². The lowest BCUT2D eigenvalue weighted by atomic mass is 9.92. The van der Waals surface area contributed by atoms with Crippen LogP contribution in [0.15, 0.2) is 160 Å². The largest absolute Gasteiger partial charge is 0.456 e. The molecule has 0 saturated heterocycles. The van der Waals surface area contributed by atoms with Crippen molar-refractivity contribution in [3.8, 4) is 45.3 Å². The van der Waals surface area contributed by atoms with Gasteiger partial charge in [-0.25, -0.2) is 15.0 Å². The maximum Gasteiger partial charge on any atom is 0.164 e. The van der Waals surface area contributed by atoms with Crippen molar-refractivity contribution >= 4 is 54.6 Å². The number of nitrogens with zero attached hydrogens (tertiary/aromatic N) is 3. The molecule has 0 amide bonds. The third kappa shape index (κ3) is 4.22. The van der Waals surface area contributed by atoms with Crippen LogP contribution < -0.4 is 0 Å². The molecule has 0 fully saturated rings. The first-order valence-corrected chi connectivity index (χ1v) is 15.9. The van der Waals surface area contributed by atoms with Crippen LogP contribution in [0.1, 0.15) is 0 Å². The number of para-hydroxylation sites is 1.